The Morgan fingerprint density at radius 3 is 2.55 bits per heavy atom. The van der Waals surface area contributed by atoms with Gasteiger partial charge in [0.2, 0.25) is 5.91 Å². The molecule has 2 rings (SSSR count). The van der Waals surface area contributed by atoms with Crippen LogP contribution < -0.4 is 5.32 Å². The van der Waals surface area contributed by atoms with Crippen molar-refractivity contribution in [2.24, 2.45) is 0 Å². The van der Waals surface area contributed by atoms with E-state index in [-0.39, 0.29) is 10.9 Å². The van der Waals surface area contributed by atoms with Gasteiger partial charge in [0.1, 0.15) is 5.82 Å². The molecule has 0 spiro atoms. The molecule has 0 aliphatic heterocycles. The predicted octanol–water partition coefficient (Wildman–Crippen LogP) is 4.89. The molecule has 102 valence electrons. The number of halogens is 3. The highest BCUT2D eigenvalue weighted by atomic mass is 79.9. The molecule has 0 saturated heterocycles. The van der Waals surface area contributed by atoms with Gasteiger partial charge in [0.15, 0.2) is 0 Å². The number of hydrogen-bond acceptors (Lipinski definition) is 1. The van der Waals surface area contributed by atoms with E-state index >= 15 is 0 Å². The van der Waals surface area contributed by atoms with E-state index in [1.807, 2.05) is 24.3 Å². The molecule has 5 heteroatoms. The summed E-state index contributed by atoms with van der Waals surface area (Å²) in [5.74, 6) is -0.828. The summed E-state index contributed by atoms with van der Waals surface area (Å²) in [7, 11) is 0. The SMILES string of the molecule is O=C(C=Cc1ccc(Br)cc1)Nc1ccc(F)c(Cl)c1. The van der Waals surface area contributed by atoms with Crippen LogP contribution in [0.15, 0.2) is 53.0 Å². The molecule has 0 unspecified atom stereocenters. The van der Waals surface area contributed by atoms with Gasteiger partial charge >= 0.3 is 0 Å². The Hall–Kier alpha value is -1.65. The molecule has 2 aromatic carbocycles. The Morgan fingerprint density at radius 2 is 1.90 bits per heavy atom. The van der Waals surface area contributed by atoms with Crippen molar-refractivity contribution < 1.29 is 9.18 Å². The number of benzene rings is 2. The second kappa shape index (κ2) is 6.68. The highest BCUT2D eigenvalue weighted by Gasteiger charge is 2.02. The Bertz CT molecular complexity index is 655. The molecule has 2 aromatic rings. The summed E-state index contributed by atoms with van der Waals surface area (Å²) in [5.41, 5.74) is 1.35. The summed E-state index contributed by atoms with van der Waals surface area (Å²) in [6, 6.07) is 11.5. The van der Waals surface area contributed by atoms with Crippen molar-refractivity contribution >= 4 is 45.2 Å². The van der Waals surface area contributed by atoms with E-state index in [0.29, 0.717) is 5.69 Å². The lowest BCUT2D eigenvalue weighted by atomic mass is 10.2. The minimum atomic E-state index is -0.518. The van der Waals surface area contributed by atoms with Crippen molar-refractivity contribution in [1.82, 2.24) is 0 Å². The van der Waals surface area contributed by atoms with Gasteiger partial charge in [-0.25, -0.2) is 4.39 Å². The molecule has 0 aliphatic rings. The van der Waals surface area contributed by atoms with E-state index in [1.54, 1.807) is 6.08 Å². The first-order chi connectivity index (χ1) is 9.54. The summed E-state index contributed by atoms with van der Waals surface area (Å²) in [6.45, 7) is 0. The summed E-state index contributed by atoms with van der Waals surface area (Å²) < 4.78 is 13.9. The van der Waals surface area contributed by atoms with Crippen LogP contribution in [0.25, 0.3) is 6.08 Å². The normalized spacial score (nSPS) is 10.8. The van der Waals surface area contributed by atoms with Gasteiger partial charge in [-0.3, -0.25) is 4.79 Å². The third kappa shape index (κ3) is 4.18. The van der Waals surface area contributed by atoms with Crippen molar-refractivity contribution in [2.45, 2.75) is 0 Å². The highest BCUT2D eigenvalue weighted by Crippen LogP contribution is 2.19. The molecular formula is C15H10BrClFNO. The van der Waals surface area contributed by atoms with Gasteiger partial charge in [-0.2, -0.15) is 0 Å². The first kappa shape index (κ1) is 14.8. The smallest absolute Gasteiger partial charge is 0.248 e. The lowest BCUT2D eigenvalue weighted by Crippen LogP contribution is -2.07. The maximum atomic E-state index is 13.0. The van der Waals surface area contributed by atoms with Crippen molar-refractivity contribution in [3.8, 4) is 0 Å². The van der Waals surface area contributed by atoms with Gasteiger partial charge in [0, 0.05) is 16.2 Å². The molecule has 0 bridgehead atoms. The number of anilines is 1. The Kier molecular flexibility index (Phi) is 4.93. The molecule has 0 fully saturated rings. The molecular weight excluding hydrogens is 345 g/mol. The Morgan fingerprint density at radius 1 is 1.20 bits per heavy atom. The number of hydrogen-bond donors (Lipinski definition) is 1. The Labute approximate surface area is 129 Å². The van der Waals surface area contributed by atoms with Crippen LogP contribution in [0.5, 0.6) is 0 Å². The molecule has 0 heterocycles. The Balaban J connectivity index is 2.01. The highest BCUT2D eigenvalue weighted by molar-refractivity contribution is 9.10. The minimum absolute atomic E-state index is 0.0281. The van der Waals surface area contributed by atoms with Crippen LogP contribution in [-0.4, -0.2) is 5.91 Å². The van der Waals surface area contributed by atoms with E-state index < -0.39 is 5.82 Å². The van der Waals surface area contributed by atoms with Crippen LogP contribution in [0.2, 0.25) is 5.02 Å². The van der Waals surface area contributed by atoms with Gasteiger partial charge < -0.3 is 5.32 Å². The van der Waals surface area contributed by atoms with Crippen molar-refractivity contribution in [1.29, 1.82) is 0 Å². The van der Waals surface area contributed by atoms with Crippen molar-refractivity contribution in [2.75, 3.05) is 5.32 Å². The first-order valence-electron chi connectivity index (χ1n) is 5.74. The number of rotatable bonds is 3. The standard InChI is InChI=1S/C15H10BrClFNO/c16-11-4-1-10(2-5-11)3-8-15(20)19-12-6-7-14(18)13(17)9-12/h1-9H,(H,19,20). The zero-order valence-corrected chi connectivity index (χ0v) is 12.6. The number of carbonyl (C=O) groups is 1. The molecule has 1 amide bonds. The molecule has 0 atom stereocenters. The molecule has 2 nitrogen and oxygen atoms in total. The zero-order valence-electron chi connectivity index (χ0n) is 10.2. The molecule has 0 aliphatic carbocycles. The third-order valence-electron chi connectivity index (χ3n) is 2.48. The molecule has 1 N–H and O–H groups in total. The fraction of sp³-hybridized carbons (Fsp3) is 0. The molecule has 20 heavy (non-hydrogen) atoms. The molecule has 0 saturated carbocycles. The summed E-state index contributed by atoms with van der Waals surface area (Å²) in [5, 5.41) is 2.58. The van der Waals surface area contributed by atoms with Crippen molar-refractivity contribution in [3.63, 3.8) is 0 Å². The second-order valence-corrected chi connectivity index (χ2v) is 5.33. The van der Waals surface area contributed by atoms with Crippen LogP contribution in [0.3, 0.4) is 0 Å². The van der Waals surface area contributed by atoms with Crippen LogP contribution in [0, 0.1) is 5.82 Å². The maximum absolute atomic E-state index is 13.0. The van der Waals surface area contributed by atoms with E-state index in [4.69, 9.17) is 11.6 Å². The molecule has 0 aromatic heterocycles. The van der Waals surface area contributed by atoms with Crippen LogP contribution in [-0.2, 0) is 4.79 Å². The van der Waals surface area contributed by atoms with Gasteiger partial charge in [-0.15, -0.1) is 0 Å². The van der Waals surface area contributed by atoms with Gasteiger partial charge in [-0.1, -0.05) is 39.7 Å². The van der Waals surface area contributed by atoms with Crippen LogP contribution in [0.4, 0.5) is 10.1 Å². The topological polar surface area (TPSA) is 29.1 Å². The minimum Gasteiger partial charge on any atom is -0.322 e. The van der Waals surface area contributed by atoms with Crippen LogP contribution >= 0.6 is 27.5 Å². The average molecular weight is 355 g/mol. The van der Waals surface area contributed by atoms with Gasteiger partial charge in [0.05, 0.1) is 5.02 Å². The van der Waals surface area contributed by atoms with E-state index in [0.717, 1.165) is 10.0 Å². The zero-order chi connectivity index (χ0) is 14.5. The van der Waals surface area contributed by atoms with E-state index in [1.165, 1.54) is 24.3 Å². The third-order valence-corrected chi connectivity index (χ3v) is 3.30. The van der Waals surface area contributed by atoms with Gasteiger partial charge in [0.25, 0.3) is 0 Å². The molecule has 0 radical (unpaired) electrons. The quantitative estimate of drug-likeness (QED) is 0.781. The maximum Gasteiger partial charge on any atom is 0.248 e. The largest absolute Gasteiger partial charge is 0.322 e. The second-order valence-electron chi connectivity index (χ2n) is 4.00. The average Bonchev–Trinajstić information content (AvgIpc) is 2.42. The van der Waals surface area contributed by atoms with Gasteiger partial charge in [-0.05, 0) is 42.0 Å². The number of carbonyl (C=O) groups excluding carboxylic acids is 1. The lowest BCUT2D eigenvalue weighted by molar-refractivity contribution is -0.111. The fourth-order valence-electron chi connectivity index (χ4n) is 1.50. The number of amides is 1. The predicted molar refractivity (Wildman–Crippen MR) is 83.2 cm³/mol. The summed E-state index contributed by atoms with van der Waals surface area (Å²) in [4.78, 5) is 11.7. The summed E-state index contributed by atoms with van der Waals surface area (Å²) >= 11 is 8.97. The first-order valence-corrected chi connectivity index (χ1v) is 6.91. The fourth-order valence-corrected chi connectivity index (χ4v) is 1.95. The van der Waals surface area contributed by atoms with E-state index in [2.05, 4.69) is 21.2 Å². The lowest BCUT2D eigenvalue weighted by Gasteiger charge is -2.03. The number of nitrogens with one attached hydrogen (secondary N) is 1. The van der Waals surface area contributed by atoms with Crippen LogP contribution in [0.1, 0.15) is 5.56 Å². The monoisotopic (exact) mass is 353 g/mol. The van der Waals surface area contributed by atoms with Crippen molar-refractivity contribution in [3.05, 3.63) is 69.4 Å². The summed E-state index contributed by atoms with van der Waals surface area (Å²) in [6.07, 6.45) is 3.09. The van der Waals surface area contributed by atoms with E-state index in [9.17, 15) is 9.18 Å².